The summed E-state index contributed by atoms with van der Waals surface area (Å²) in [7, 11) is -2.36. The highest BCUT2D eigenvalue weighted by Gasteiger charge is 2.28. The van der Waals surface area contributed by atoms with Gasteiger partial charge in [-0.25, -0.2) is 8.42 Å². The number of nitrogens with one attached hydrogen (secondary N) is 2. The van der Waals surface area contributed by atoms with Gasteiger partial charge in [0, 0.05) is 18.9 Å². The van der Waals surface area contributed by atoms with Gasteiger partial charge in [-0.05, 0) is 47.4 Å². The van der Waals surface area contributed by atoms with E-state index in [2.05, 4.69) is 15.1 Å². The Hall–Kier alpha value is -3.17. The van der Waals surface area contributed by atoms with Gasteiger partial charge < -0.3 is 10.1 Å². The highest BCUT2D eigenvalue weighted by atomic mass is 32.2. The molecule has 8 nitrogen and oxygen atoms in total. The highest BCUT2D eigenvalue weighted by Crippen LogP contribution is 2.17. The van der Waals surface area contributed by atoms with Crippen molar-refractivity contribution in [3.8, 4) is 5.75 Å². The van der Waals surface area contributed by atoms with Gasteiger partial charge >= 0.3 is 0 Å². The first-order valence-electron chi connectivity index (χ1n) is 10.3. The van der Waals surface area contributed by atoms with E-state index in [1.165, 1.54) is 19.2 Å². The second-order valence-electron chi connectivity index (χ2n) is 7.76. The second kappa shape index (κ2) is 10.4. The summed E-state index contributed by atoms with van der Waals surface area (Å²) in [5.74, 6) is -0.0689. The number of methoxy groups -OCH3 is 1. The molecule has 1 atom stereocenters. The molecule has 0 aliphatic heterocycles. The van der Waals surface area contributed by atoms with Gasteiger partial charge in [-0.2, -0.15) is 9.82 Å². The normalized spacial score (nSPS) is 12.5. The van der Waals surface area contributed by atoms with Crippen LogP contribution in [0.3, 0.4) is 0 Å². The average Bonchev–Trinajstić information content (AvgIpc) is 3.29. The zero-order valence-electron chi connectivity index (χ0n) is 18.4. The molecule has 170 valence electrons. The van der Waals surface area contributed by atoms with Gasteiger partial charge in [-0.1, -0.05) is 38.1 Å². The van der Waals surface area contributed by atoms with Crippen LogP contribution in [0.5, 0.6) is 5.75 Å². The smallest absolute Gasteiger partial charge is 0.241 e. The topological polar surface area (TPSA) is 102 Å². The molecule has 1 heterocycles. The Balaban J connectivity index is 1.65. The van der Waals surface area contributed by atoms with E-state index in [0.717, 1.165) is 11.1 Å². The van der Waals surface area contributed by atoms with Gasteiger partial charge in [-0.15, -0.1) is 0 Å². The molecule has 1 amide bonds. The molecular formula is C23H28N4O4S. The Morgan fingerprint density at radius 3 is 2.44 bits per heavy atom. The van der Waals surface area contributed by atoms with Crippen LogP contribution in [0.15, 0.2) is 71.9 Å². The molecule has 3 rings (SSSR count). The Morgan fingerprint density at radius 2 is 1.81 bits per heavy atom. The number of nitrogens with zero attached hydrogens (tertiary/aromatic N) is 2. The monoisotopic (exact) mass is 456 g/mol. The van der Waals surface area contributed by atoms with Crippen LogP contribution in [0.25, 0.3) is 0 Å². The van der Waals surface area contributed by atoms with Crippen LogP contribution in [-0.4, -0.2) is 37.3 Å². The lowest BCUT2D eigenvalue weighted by Crippen LogP contribution is -2.49. The van der Waals surface area contributed by atoms with Crippen LogP contribution < -0.4 is 14.8 Å². The number of hydrogen-bond donors (Lipinski definition) is 2. The number of carbonyl (C=O) groups is 1. The van der Waals surface area contributed by atoms with E-state index in [1.54, 1.807) is 32.2 Å². The Labute approximate surface area is 188 Å². The Bertz CT molecular complexity index is 1130. The number of rotatable bonds is 10. The fraction of sp³-hybridized carbons (Fsp3) is 0.304. The van der Waals surface area contributed by atoms with Crippen molar-refractivity contribution in [2.75, 3.05) is 7.11 Å². The van der Waals surface area contributed by atoms with Gasteiger partial charge in [0.2, 0.25) is 15.9 Å². The lowest BCUT2D eigenvalue weighted by atomic mass is 10.0. The summed E-state index contributed by atoms with van der Waals surface area (Å²) in [6.45, 7) is 4.52. The lowest BCUT2D eigenvalue weighted by molar-refractivity contribution is -0.123. The highest BCUT2D eigenvalue weighted by molar-refractivity contribution is 7.89. The summed E-state index contributed by atoms with van der Waals surface area (Å²) in [6.07, 6.45) is 3.61. The van der Waals surface area contributed by atoms with E-state index in [0.29, 0.717) is 18.8 Å². The van der Waals surface area contributed by atoms with Gasteiger partial charge in [0.15, 0.2) is 0 Å². The molecule has 0 saturated carbocycles. The lowest BCUT2D eigenvalue weighted by Gasteiger charge is -2.22. The first-order valence-corrected chi connectivity index (χ1v) is 11.8. The maximum absolute atomic E-state index is 12.8. The molecule has 0 spiro atoms. The molecular weight excluding hydrogens is 428 g/mol. The predicted molar refractivity (Wildman–Crippen MR) is 122 cm³/mol. The fourth-order valence-corrected chi connectivity index (χ4v) is 4.54. The summed E-state index contributed by atoms with van der Waals surface area (Å²) < 4.78 is 35.0. The van der Waals surface area contributed by atoms with Crippen LogP contribution in [-0.2, 0) is 27.9 Å². The molecule has 0 radical (unpaired) electrons. The first kappa shape index (κ1) is 23.5. The Kier molecular flexibility index (Phi) is 7.66. The molecule has 2 aromatic carbocycles. The van der Waals surface area contributed by atoms with Crippen molar-refractivity contribution in [2.24, 2.45) is 5.92 Å². The van der Waals surface area contributed by atoms with Crippen LogP contribution >= 0.6 is 0 Å². The van der Waals surface area contributed by atoms with Crippen molar-refractivity contribution in [1.29, 1.82) is 0 Å². The van der Waals surface area contributed by atoms with Crippen LogP contribution in [0.2, 0.25) is 0 Å². The molecule has 3 aromatic rings. The van der Waals surface area contributed by atoms with Crippen molar-refractivity contribution in [1.82, 2.24) is 19.8 Å². The standard InChI is InChI=1S/C23H28N4O4S/c1-17(2)22(26-32(29,30)21-10-8-20(31-3)9-11-21)23(28)24-15-18-6-4-7-19(14-18)16-27-13-5-12-25-27/h4-14,17,22,26H,15-16H2,1-3H3,(H,24,28)/t22-/m0/s1. The fourth-order valence-electron chi connectivity index (χ4n) is 3.20. The van der Waals surface area contributed by atoms with E-state index >= 15 is 0 Å². The van der Waals surface area contributed by atoms with Gasteiger partial charge in [0.1, 0.15) is 11.8 Å². The van der Waals surface area contributed by atoms with E-state index in [1.807, 2.05) is 41.2 Å². The third-order valence-corrected chi connectivity index (χ3v) is 6.42. The first-order chi connectivity index (χ1) is 15.3. The largest absolute Gasteiger partial charge is 0.497 e. The summed E-state index contributed by atoms with van der Waals surface area (Å²) in [4.78, 5) is 12.9. The zero-order chi connectivity index (χ0) is 23.1. The van der Waals surface area contributed by atoms with Crippen LogP contribution in [0.1, 0.15) is 25.0 Å². The molecule has 0 saturated heterocycles. The summed E-state index contributed by atoms with van der Waals surface area (Å²) in [5, 5.41) is 7.05. The predicted octanol–water partition coefficient (Wildman–Crippen LogP) is 2.56. The summed E-state index contributed by atoms with van der Waals surface area (Å²) >= 11 is 0. The SMILES string of the molecule is COc1ccc(S(=O)(=O)N[C@H](C(=O)NCc2cccc(Cn3cccn3)c2)C(C)C)cc1. The van der Waals surface area contributed by atoms with Crippen molar-refractivity contribution < 1.29 is 17.9 Å². The number of carbonyl (C=O) groups excluding carboxylic acids is 1. The number of hydrogen-bond acceptors (Lipinski definition) is 5. The maximum Gasteiger partial charge on any atom is 0.241 e. The molecule has 0 fully saturated rings. The van der Waals surface area contributed by atoms with Crippen molar-refractivity contribution in [2.45, 2.75) is 37.9 Å². The number of benzene rings is 2. The van der Waals surface area contributed by atoms with Crippen LogP contribution in [0, 0.1) is 5.92 Å². The third-order valence-electron chi connectivity index (χ3n) is 4.96. The number of sulfonamides is 1. The molecule has 0 bridgehead atoms. The molecule has 32 heavy (non-hydrogen) atoms. The summed E-state index contributed by atoms with van der Waals surface area (Å²) in [6, 6.07) is 14.8. The molecule has 2 N–H and O–H groups in total. The van der Waals surface area contributed by atoms with Crippen molar-refractivity contribution in [3.05, 3.63) is 78.1 Å². The van der Waals surface area contributed by atoms with Crippen molar-refractivity contribution >= 4 is 15.9 Å². The molecule has 1 aromatic heterocycles. The number of amides is 1. The van der Waals surface area contributed by atoms with Gasteiger partial charge in [0.25, 0.3) is 0 Å². The Morgan fingerprint density at radius 1 is 1.09 bits per heavy atom. The summed E-state index contributed by atoms with van der Waals surface area (Å²) in [5.41, 5.74) is 1.98. The number of ether oxygens (including phenoxy) is 1. The maximum atomic E-state index is 12.8. The molecule has 0 aliphatic rings. The molecule has 0 aliphatic carbocycles. The minimum atomic E-state index is -3.87. The average molecular weight is 457 g/mol. The minimum absolute atomic E-state index is 0.0723. The third kappa shape index (κ3) is 6.18. The number of aromatic nitrogens is 2. The van der Waals surface area contributed by atoms with Crippen LogP contribution in [0.4, 0.5) is 0 Å². The van der Waals surface area contributed by atoms with Gasteiger partial charge in [0.05, 0.1) is 18.6 Å². The van der Waals surface area contributed by atoms with E-state index in [-0.39, 0.29) is 16.7 Å². The van der Waals surface area contributed by atoms with E-state index in [4.69, 9.17) is 4.74 Å². The van der Waals surface area contributed by atoms with Crippen molar-refractivity contribution in [3.63, 3.8) is 0 Å². The quantitative estimate of drug-likeness (QED) is 0.488. The molecule has 9 heteroatoms. The van der Waals surface area contributed by atoms with E-state index < -0.39 is 16.1 Å². The molecule has 0 unspecified atom stereocenters. The minimum Gasteiger partial charge on any atom is -0.497 e. The second-order valence-corrected chi connectivity index (χ2v) is 9.47. The zero-order valence-corrected chi connectivity index (χ0v) is 19.2. The van der Waals surface area contributed by atoms with E-state index in [9.17, 15) is 13.2 Å². The van der Waals surface area contributed by atoms with Gasteiger partial charge in [-0.3, -0.25) is 9.48 Å².